The zero-order valence-corrected chi connectivity index (χ0v) is 14.2. The minimum atomic E-state index is -3.38. The first-order chi connectivity index (χ1) is 9.91. The summed E-state index contributed by atoms with van der Waals surface area (Å²) in [6.07, 6.45) is 0.945. The minimum Gasteiger partial charge on any atom is -0.494 e. The molecule has 0 aliphatic heterocycles. The number of nitrogens with two attached hydrogens (primary N) is 1. The van der Waals surface area contributed by atoms with E-state index in [-0.39, 0.29) is 24.1 Å². The fraction of sp³-hybridized carbons (Fsp3) is 0.462. The number of hydrogen-bond acceptors (Lipinski definition) is 5. The summed E-state index contributed by atoms with van der Waals surface area (Å²) < 4.78 is 30.7. The fourth-order valence-corrected chi connectivity index (χ4v) is 2.23. The Labute approximate surface area is 137 Å². The van der Waals surface area contributed by atoms with Gasteiger partial charge in [0.25, 0.3) is 0 Å². The van der Waals surface area contributed by atoms with E-state index >= 15 is 0 Å². The SMILES string of the molecule is CCS(=O)(=O)Nc1ccc(NC(=O)CCCN)cc1OC.Cl. The zero-order valence-electron chi connectivity index (χ0n) is 12.6. The third-order valence-electron chi connectivity index (χ3n) is 2.74. The van der Waals surface area contributed by atoms with Crippen molar-refractivity contribution in [1.29, 1.82) is 0 Å². The highest BCUT2D eigenvalue weighted by molar-refractivity contribution is 7.92. The van der Waals surface area contributed by atoms with E-state index in [2.05, 4.69) is 10.0 Å². The molecular weight excluding hydrogens is 330 g/mol. The van der Waals surface area contributed by atoms with E-state index in [4.69, 9.17) is 10.5 Å². The van der Waals surface area contributed by atoms with Gasteiger partial charge in [0.15, 0.2) is 0 Å². The lowest BCUT2D eigenvalue weighted by Gasteiger charge is -2.13. The molecule has 0 saturated carbocycles. The maximum atomic E-state index is 11.6. The molecule has 0 aromatic heterocycles. The van der Waals surface area contributed by atoms with Gasteiger partial charge in [0.05, 0.1) is 18.6 Å². The van der Waals surface area contributed by atoms with Gasteiger partial charge in [-0.1, -0.05) is 0 Å². The van der Waals surface area contributed by atoms with Crippen LogP contribution in [0.1, 0.15) is 19.8 Å². The summed E-state index contributed by atoms with van der Waals surface area (Å²) in [4.78, 5) is 11.6. The van der Waals surface area contributed by atoms with E-state index in [1.807, 2.05) is 0 Å². The molecule has 1 amide bonds. The van der Waals surface area contributed by atoms with Crippen molar-refractivity contribution in [2.24, 2.45) is 5.73 Å². The highest BCUT2D eigenvalue weighted by Gasteiger charge is 2.12. The second-order valence-corrected chi connectivity index (χ2v) is 6.37. The average molecular weight is 352 g/mol. The highest BCUT2D eigenvalue weighted by atomic mass is 35.5. The van der Waals surface area contributed by atoms with Crippen molar-refractivity contribution in [3.63, 3.8) is 0 Å². The van der Waals surface area contributed by atoms with Crippen molar-refractivity contribution in [3.05, 3.63) is 18.2 Å². The number of amides is 1. The Kier molecular flexibility index (Phi) is 8.84. The van der Waals surface area contributed by atoms with Gasteiger partial charge in [-0.15, -0.1) is 12.4 Å². The summed E-state index contributed by atoms with van der Waals surface area (Å²) in [7, 11) is -1.95. The quantitative estimate of drug-likeness (QED) is 0.658. The van der Waals surface area contributed by atoms with Crippen LogP contribution in [0.15, 0.2) is 18.2 Å². The first-order valence-electron chi connectivity index (χ1n) is 6.60. The Morgan fingerprint density at radius 3 is 2.59 bits per heavy atom. The summed E-state index contributed by atoms with van der Waals surface area (Å²) in [6.45, 7) is 2.00. The Morgan fingerprint density at radius 1 is 1.36 bits per heavy atom. The van der Waals surface area contributed by atoms with E-state index in [9.17, 15) is 13.2 Å². The van der Waals surface area contributed by atoms with Crippen molar-refractivity contribution in [1.82, 2.24) is 0 Å². The van der Waals surface area contributed by atoms with Gasteiger partial charge in [-0.3, -0.25) is 9.52 Å². The van der Waals surface area contributed by atoms with E-state index in [1.165, 1.54) is 7.11 Å². The molecule has 1 rings (SSSR count). The van der Waals surface area contributed by atoms with Gasteiger partial charge < -0.3 is 15.8 Å². The maximum Gasteiger partial charge on any atom is 0.232 e. The molecule has 7 nitrogen and oxygen atoms in total. The van der Waals surface area contributed by atoms with Crippen molar-refractivity contribution in [2.45, 2.75) is 19.8 Å². The Morgan fingerprint density at radius 2 is 2.05 bits per heavy atom. The third-order valence-corrected chi connectivity index (χ3v) is 4.03. The molecule has 1 aromatic carbocycles. The van der Waals surface area contributed by atoms with Crippen LogP contribution >= 0.6 is 12.4 Å². The Hall–Kier alpha value is -1.51. The van der Waals surface area contributed by atoms with Crippen LogP contribution in [0, 0.1) is 0 Å². The van der Waals surface area contributed by atoms with Gasteiger partial charge in [-0.05, 0) is 32.0 Å². The summed E-state index contributed by atoms with van der Waals surface area (Å²) in [6, 6.07) is 4.72. The average Bonchev–Trinajstić information content (AvgIpc) is 2.46. The number of sulfonamides is 1. The minimum absolute atomic E-state index is 0. The number of ether oxygens (including phenoxy) is 1. The third kappa shape index (κ3) is 6.50. The van der Waals surface area contributed by atoms with Crippen molar-refractivity contribution in [3.8, 4) is 5.75 Å². The van der Waals surface area contributed by atoms with Crippen LogP contribution in [0.3, 0.4) is 0 Å². The molecule has 126 valence electrons. The zero-order chi connectivity index (χ0) is 15.9. The van der Waals surface area contributed by atoms with Gasteiger partial charge in [-0.25, -0.2) is 8.42 Å². The molecule has 0 heterocycles. The fourth-order valence-electron chi connectivity index (χ4n) is 1.58. The van der Waals surface area contributed by atoms with Crippen molar-refractivity contribution >= 4 is 39.7 Å². The van der Waals surface area contributed by atoms with Crippen LogP contribution in [-0.2, 0) is 14.8 Å². The molecule has 0 spiro atoms. The lowest BCUT2D eigenvalue weighted by atomic mass is 10.2. The van der Waals surface area contributed by atoms with Crippen LogP contribution in [0.25, 0.3) is 0 Å². The second-order valence-electron chi connectivity index (χ2n) is 4.36. The largest absolute Gasteiger partial charge is 0.494 e. The van der Waals surface area contributed by atoms with Crippen LogP contribution in [0.2, 0.25) is 0 Å². The molecule has 0 aliphatic carbocycles. The number of methoxy groups -OCH3 is 1. The summed E-state index contributed by atoms with van der Waals surface area (Å²) in [5.41, 5.74) is 6.21. The molecule has 9 heteroatoms. The molecule has 0 atom stereocenters. The standard InChI is InChI=1S/C13H21N3O4S.ClH/c1-3-21(18,19)16-11-7-6-10(9-12(11)20-2)15-13(17)5-4-8-14;/h6-7,9,16H,3-5,8,14H2,1-2H3,(H,15,17);1H. The molecule has 0 radical (unpaired) electrons. The number of carbonyl (C=O) groups is 1. The predicted octanol–water partition coefficient (Wildman–Crippen LogP) is 1.56. The number of carbonyl (C=O) groups excluding carboxylic acids is 1. The van der Waals surface area contributed by atoms with Crippen molar-refractivity contribution in [2.75, 3.05) is 29.4 Å². The highest BCUT2D eigenvalue weighted by Crippen LogP contribution is 2.28. The molecule has 0 fully saturated rings. The Bertz CT molecular complexity index is 593. The molecule has 0 saturated heterocycles. The van der Waals surface area contributed by atoms with Crippen LogP contribution < -0.4 is 20.5 Å². The van der Waals surface area contributed by atoms with Crippen LogP contribution in [0.5, 0.6) is 5.75 Å². The van der Waals surface area contributed by atoms with Crippen LogP contribution in [0.4, 0.5) is 11.4 Å². The molecule has 1 aromatic rings. The van der Waals surface area contributed by atoms with E-state index < -0.39 is 10.0 Å². The number of benzene rings is 1. The lowest BCUT2D eigenvalue weighted by molar-refractivity contribution is -0.116. The molecular formula is C13H22ClN3O4S. The molecule has 22 heavy (non-hydrogen) atoms. The number of nitrogens with one attached hydrogen (secondary N) is 2. The first-order valence-corrected chi connectivity index (χ1v) is 8.25. The van der Waals surface area contributed by atoms with E-state index in [0.717, 1.165) is 0 Å². The second kappa shape index (κ2) is 9.50. The normalized spacial score (nSPS) is 10.5. The van der Waals surface area contributed by atoms with Gasteiger partial charge >= 0.3 is 0 Å². The van der Waals surface area contributed by atoms with Crippen molar-refractivity contribution < 1.29 is 17.9 Å². The monoisotopic (exact) mass is 351 g/mol. The molecule has 4 N–H and O–H groups in total. The van der Waals surface area contributed by atoms with Gasteiger partial charge in [-0.2, -0.15) is 0 Å². The summed E-state index contributed by atoms with van der Waals surface area (Å²) in [5.74, 6) is 0.154. The smallest absolute Gasteiger partial charge is 0.232 e. The molecule has 0 unspecified atom stereocenters. The maximum absolute atomic E-state index is 11.6. The van der Waals surface area contributed by atoms with Gasteiger partial charge in [0.2, 0.25) is 15.9 Å². The lowest BCUT2D eigenvalue weighted by Crippen LogP contribution is -2.16. The topological polar surface area (TPSA) is 111 Å². The molecule has 0 bridgehead atoms. The predicted molar refractivity (Wildman–Crippen MR) is 90.2 cm³/mol. The molecule has 0 aliphatic rings. The summed E-state index contributed by atoms with van der Waals surface area (Å²) in [5, 5.41) is 2.70. The Balaban J connectivity index is 0.00000441. The van der Waals surface area contributed by atoms with Gasteiger partial charge in [0, 0.05) is 18.2 Å². The number of hydrogen-bond donors (Lipinski definition) is 3. The van der Waals surface area contributed by atoms with Crippen LogP contribution in [-0.4, -0.2) is 33.7 Å². The summed E-state index contributed by atoms with van der Waals surface area (Å²) >= 11 is 0. The number of anilines is 2. The van der Waals surface area contributed by atoms with E-state index in [1.54, 1.807) is 25.1 Å². The number of halogens is 1. The van der Waals surface area contributed by atoms with Gasteiger partial charge in [0.1, 0.15) is 5.75 Å². The number of rotatable bonds is 8. The van der Waals surface area contributed by atoms with E-state index in [0.29, 0.717) is 36.5 Å². The first kappa shape index (κ1) is 20.5.